The lowest BCUT2D eigenvalue weighted by Gasteiger charge is -2.30. The summed E-state index contributed by atoms with van der Waals surface area (Å²) in [6.07, 6.45) is 3.10. The second-order valence-corrected chi connectivity index (χ2v) is 11.1. The van der Waals surface area contributed by atoms with Gasteiger partial charge in [0.2, 0.25) is 0 Å². The van der Waals surface area contributed by atoms with E-state index >= 15 is 0 Å². The highest BCUT2D eigenvalue weighted by atomic mass is 16.5. The van der Waals surface area contributed by atoms with Crippen molar-refractivity contribution in [3.05, 3.63) is 81.9 Å². The molecule has 0 amide bonds. The monoisotopic (exact) mass is 540 g/mol. The average Bonchev–Trinajstić information content (AvgIpc) is 3.50. The van der Waals surface area contributed by atoms with Crippen LogP contribution < -0.4 is 9.47 Å². The molecule has 8 nitrogen and oxygen atoms in total. The maximum absolute atomic E-state index is 12.2. The number of carboxylic acid groups (broad SMARTS) is 1. The zero-order valence-electron chi connectivity index (χ0n) is 23.6. The standard InChI is InChI=1S/C32H36N4O4/c1-5-23-18-36(17-22-8-6-7-9-28(22)40-23)27-13-12-20-10-11-21(14-26(20)27)25(16-30(37)38)24-15-29(39-4)32-31(19(24)2)33-34-35(32)3/h6-11,14-15,23,25,27H,5,12-13,16-18H2,1-4H3,(H,37,38). The number of aromatic nitrogens is 3. The zero-order valence-corrected chi connectivity index (χ0v) is 23.6. The van der Waals surface area contributed by atoms with Crippen LogP contribution >= 0.6 is 0 Å². The predicted molar refractivity (Wildman–Crippen MR) is 153 cm³/mol. The molecule has 0 spiro atoms. The molecule has 0 fully saturated rings. The van der Waals surface area contributed by atoms with Crippen molar-refractivity contribution in [3.63, 3.8) is 0 Å². The number of aliphatic carboxylic acids is 1. The molecule has 1 N–H and O–H groups in total. The minimum atomic E-state index is -0.841. The molecule has 0 saturated carbocycles. The van der Waals surface area contributed by atoms with Crippen molar-refractivity contribution in [2.45, 2.75) is 64.1 Å². The van der Waals surface area contributed by atoms with Gasteiger partial charge in [0.25, 0.3) is 0 Å². The van der Waals surface area contributed by atoms with E-state index in [2.05, 4.69) is 58.5 Å². The molecule has 208 valence electrons. The molecule has 1 aliphatic heterocycles. The third-order valence-electron chi connectivity index (χ3n) is 8.70. The molecule has 4 aromatic rings. The Morgan fingerprint density at radius 1 is 1.20 bits per heavy atom. The first-order chi connectivity index (χ1) is 19.4. The van der Waals surface area contributed by atoms with Crippen molar-refractivity contribution < 1.29 is 19.4 Å². The van der Waals surface area contributed by atoms with Crippen LogP contribution in [0.5, 0.6) is 11.5 Å². The largest absolute Gasteiger partial charge is 0.494 e. The molecule has 0 bridgehead atoms. The number of aryl methyl sites for hydroxylation is 3. The van der Waals surface area contributed by atoms with E-state index in [0.29, 0.717) is 5.75 Å². The average molecular weight is 541 g/mol. The van der Waals surface area contributed by atoms with E-state index in [0.717, 1.165) is 65.8 Å². The number of nitrogens with zero attached hydrogens (tertiary/aromatic N) is 4. The molecule has 1 aliphatic carbocycles. The van der Waals surface area contributed by atoms with Gasteiger partial charge in [-0.2, -0.15) is 0 Å². The highest BCUT2D eigenvalue weighted by Gasteiger charge is 2.33. The maximum atomic E-state index is 12.2. The number of carboxylic acids is 1. The lowest BCUT2D eigenvalue weighted by Crippen LogP contribution is -2.34. The molecular weight excluding hydrogens is 504 g/mol. The van der Waals surface area contributed by atoms with E-state index in [9.17, 15) is 9.90 Å². The van der Waals surface area contributed by atoms with Gasteiger partial charge in [-0.15, -0.1) is 5.10 Å². The predicted octanol–water partition coefficient (Wildman–Crippen LogP) is 5.55. The van der Waals surface area contributed by atoms with Gasteiger partial charge in [-0.05, 0) is 66.1 Å². The Bertz CT molecular complexity index is 1580. The van der Waals surface area contributed by atoms with Crippen molar-refractivity contribution >= 4 is 17.0 Å². The Hall–Kier alpha value is -3.91. The molecule has 3 unspecified atom stereocenters. The van der Waals surface area contributed by atoms with E-state index in [-0.39, 0.29) is 24.5 Å². The summed E-state index contributed by atoms with van der Waals surface area (Å²) in [7, 11) is 3.46. The van der Waals surface area contributed by atoms with Crippen LogP contribution in [0, 0.1) is 6.92 Å². The third kappa shape index (κ3) is 4.60. The summed E-state index contributed by atoms with van der Waals surface area (Å²) in [6, 6.07) is 17.1. The van der Waals surface area contributed by atoms with Gasteiger partial charge in [-0.25, -0.2) is 4.68 Å². The second-order valence-electron chi connectivity index (χ2n) is 11.1. The fourth-order valence-electron chi connectivity index (χ4n) is 6.60. The van der Waals surface area contributed by atoms with E-state index in [1.807, 2.05) is 26.1 Å². The lowest BCUT2D eigenvalue weighted by atomic mass is 9.84. The molecule has 6 rings (SSSR count). The lowest BCUT2D eigenvalue weighted by molar-refractivity contribution is -0.137. The Balaban J connectivity index is 1.41. The zero-order chi connectivity index (χ0) is 28.0. The van der Waals surface area contributed by atoms with Crippen molar-refractivity contribution in [3.8, 4) is 11.5 Å². The van der Waals surface area contributed by atoms with E-state index in [1.54, 1.807) is 11.8 Å². The molecule has 2 aliphatic rings. The fraction of sp³-hybridized carbons (Fsp3) is 0.406. The Morgan fingerprint density at radius 2 is 2.02 bits per heavy atom. The first-order valence-corrected chi connectivity index (χ1v) is 14.1. The van der Waals surface area contributed by atoms with Gasteiger partial charge in [-0.1, -0.05) is 48.5 Å². The van der Waals surface area contributed by atoms with E-state index in [4.69, 9.17) is 9.47 Å². The molecule has 1 aromatic heterocycles. The van der Waals surface area contributed by atoms with Crippen molar-refractivity contribution in [2.75, 3.05) is 13.7 Å². The number of benzene rings is 3. The summed E-state index contributed by atoms with van der Waals surface area (Å²) in [5, 5.41) is 18.6. The van der Waals surface area contributed by atoms with Crippen LogP contribution in [0.3, 0.4) is 0 Å². The van der Waals surface area contributed by atoms with Gasteiger partial charge in [0, 0.05) is 37.7 Å². The fourth-order valence-corrected chi connectivity index (χ4v) is 6.60. The Labute approximate surface area is 234 Å². The first kappa shape index (κ1) is 26.3. The minimum absolute atomic E-state index is 0.0257. The SMILES string of the molecule is CCC1CN(C2CCc3ccc(C(CC(=O)O)c4cc(OC)c5c(nnn5C)c4C)cc32)Cc2ccccc2O1. The first-order valence-electron chi connectivity index (χ1n) is 14.1. The second kappa shape index (κ2) is 10.6. The van der Waals surface area contributed by atoms with Crippen LogP contribution in [0.1, 0.15) is 71.5 Å². The maximum Gasteiger partial charge on any atom is 0.304 e. The molecule has 3 atom stereocenters. The minimum Gasteiger partial charge on any atom is -0.494 e. The van der Waals surface area contributed by atoms with Gasteiger partial charge in [-0.3, -0.25) is 9.69 Å². The summed E-state index contributed by atoms with van der Waals surface area (Å²) in [6.45, 7) is 5.87. The van der Waals surface area contributed by atoms with Gasteiger partial charge >= 0.3 is 5.97 Å². The van der Waals surface area contributed by atoms with Crippen LogP contribution in [0.4, 0.5) is 0 Å². The van der Waals surface area contributed by atoms with Gasteiger partial charge in [0.1, 0.15) is 28.6 Å². The number of carbonyl (C=O) groups is 1. The van der Waals surface area contributed by atoms with Crippen molar-refractivity contribution in [1.29, 1.82) is 0 Å². The number of hydrogen-bond donors (Lipinski definition) is 1. The van der Waals surface area contributed by atoms with Gasteiger partial charge in [0.05, 0.1) is 13.5 Å². The normalized spacial score (nSPS) is 19.5. The van der Waals surface area contributed by atoms with Crippen LogP contribution in [0.25, 0.3) is 11.0 Å². The molecule has 40 heavy (non-hydrogen) atoms. The van der Waals surface area contributed by atoms with Gasteiger partial charge < -0.3 is 14.6 Å². The quantitative estimate of drug-likeness (QED) is 0.329. The van der Waals surface area contributed by atoms with Gasteiger partial charge in [0.15, 0.2) is 0 Å². The molecule has 8 heteroatoms. The summed E-state index contributed by atoms with van der Waals surface area (Å²) in [5.74, 6) is 0.438. The number of rotatable bonds is 7. The highest BCUT2D eigenvalue weighted by molar-refractivity contribution is 5.86. The molecule has 2 heterocycles. The highest BCUT2D eigenvalue weighted by Crippen LogP contribution is 2.43. The summed E-state index contributed by atoms with van der Waals surface area (Å²) in [5.41, 5.74) is 8.23. The summed E-state index contributed by atoms with van der Waals surface area (Å²) < 4.78 is 13.8. The Kier molecular flexibility index (Phi) is 6.96. The van der Waals surface area contributed by atoms with Crippen LogP contribution in [-0.4, -0.2) is 50.7 Å². The van der Waals surface area contributed by atoms with Crippen LogP contribution in [0.2, 0.25) is 0 Å². The van der Waals surface area contributed by atoms with Crippen molar-refractivity contribution in [1.82, 2.24) is 19.9 Å². The van der Waals surface area contributed by atoms with Crippen molar-refractivity contribution in [2.24, 2.45) is 7.05 Å². The topological polar surface area (TPSA) is 89.7 Å². The van der Waals surface area contributed by atoms with Crippen LogP contribution in [-0.2, 0) is 24.8 Å². The van der Waals surface area contributed by atoms with E-state index < -0.39 is 5.97 Å². The molecule has 0 radical (unpaired) electrons. The van der Waals surface area contributed by atoms with E-state index in [1.165, 1.54) is 16.7 Å². The number of ether oxygens (including phenoxy) is 2. The molecular formula is C32H36N4O4. The Morgan fingerprint density at radius 3 is 2.80 bits per heavy atom. The number of hydrogen-bond acceptors (Lipinski definition) is 6. The smallest absolute Gasteiger partial charge is 0.304 e. The third-order valence-corrected chi connectivity index (χ3v) is 8.70. The number of methoxy groups -OCH3 is 1. The molecule has 3 aromatic carbocycles. The summed E-state index contributed by atoms with van der Waals surface area (Å²) >= 11 is 0. The number of para-hydroxylation sites is 1. The number of fused-ring (bicyclic) bond motifs is 3. The molecule has 0 saturated heterocycles. The summed E-state index contributed by atoms with van der Waals surface area (Å²) in [4.78, 5) is 14.7. The van der Waals surface area contributed by atoms with Crippen LogP contribution in [0.15, 0.2) is 48.5 Å².